The van der Waals surface area contributed by atoms with E-state index in [9.17, 15) is 0 Å². The molecule has 0 nitrogen and oxygen atoms in total. The van der Waals surface area contributed by atoms with Gasteiger partial charge in [0.1, 0.15) is 0 Å². The summed E-state index contributed by atoms with van der Waals surface area (Å²) in [7, 11) is 0. The summed E-state index contributed by atoms with van der Waals surface area (Å²) in [6, 6.07) is 0. The quantitative estimate of drug-likeness (QED) is 0.484. The molecule has 0 bridgehead atoms. The van der Waals surface area contributed by atoms with Crippen molar-refractivity contribution in [2.75, 3.05) is 11.5 Å². The second kappa shape index (κ2) is 5.25. The normalized spacial score (nSPS) is 35.3. The zero-order valence-electron chi connectivity index (χ0n) is 4.28. The Bertz CT molecular complexity index is 70.6. The molecule has 0 amide bonds. The second-order valence-electron chi connectivity index (χ2n) is 1.58. The van der Waals surface area contributed by atoms with Crippen molar-refractivity contribution in [1.29, 1.82) is 0 Å². The minimum atomic E-state index is 0. The van der Waals surface area contributed by atoms with Gasteiger partial charge in [0.15, 0.2) is 0 Å². The molecular formula is C5H12S3Se. The molecule has 2 unspecified atom stereocenters. The zero-order chi connectivity index (χ0) is 5.98. The topological polar surface area (TPSA) is 0 Å². The Labute approximate surface area is 78.9 Å². The summed E-state index contributed by atoms with van der Waals surface area (Å²) < 4.78 is 1.31. The van der Waals surface area contributed by atoms with E-state index < -0.39 is 0 Å². The summed E-state index contributed by atoms with van der Waals surface area (Å²) >= 11 is 11.4. The Morgan fingerprint density at radius 3 is 1.89 bits per heavy atom. The summed E-state index contributed by atoms with van der Waals surface area (Å²) in [5, 5.41) is 0. The van der Waals surface area contributed by atoms with Gasteiger partial charge in [0.05, 0.1) is 0 Å². The molecule has 0 spiro atoms. The Balaban J connectivity index is 0.000000640. The van der Waals surface area contributed by atoms with E-state index in [4.69, 9.17) is 0 Å². The first kappa shape index (κ1) is 10.6. The molecular weight excluding hydrogens is 235 g/mol. The maximum atomic E-state index is 4.38. The fourth-order valence-corrected chi connectivity index (χ4v) is 6.85. The van der Waals surface area contributed by atoms with Crippen molar-refractivity contribution in [3.05, 3.63) is 0 Å². The molecule has 0 aromatic heterocycles. The second-order valence-corrected chi connectivity index (χ2v) is 8.43. The van der Waals surface area contributed by atoms with Crippen molar-refractivity contribution in [2.24, 2.45) is 0 Å². The van der Waals surface area contributed by atoms with Crippen molar-refractivity contribution in [1.82, 2.24) is 0 Å². The number of thioether (sulfide) groups is 1. The van der Waals surface area contributed by atoms with Gasteiger partial charge in [-0.1, -0.05) is 7.43 Å². The molecule has 1 saturated heterocycles. The van der Waals surface area contributed by atoms with E-state index in [-0.39, 0.29) is 7.43 Å². The van der Waals surface area contributed by atoms with Crippen LogP contribution in [0.1, 0.15) is 7.43 Å². The van der Waals surface area contributed by atoms with Gasteiger partial charge in [0.2, 0.25) is 0 Å². The first-order valence-electron chi connectivity index (χ1n) is 2.38. The molecule has 1 fully saturated rings. The van der Waals surface area contributed by atoms with Crippen LogP contribution in [0.15, 0.2) is 0 Å². The Morgan fingerprint density at radius 2 is 1.67 bits per heavy atom. The standard InChI is InChI=1S/C4H8S3Se.CH4/c5-3-1-7-2-4(6)8-3;/h3-6H,1-2H2;1H4. The van der Waals surface area contributed by atoms with Crippen LogP contribution in [-0.4, -0.2) is 34.8 Å². The van der Waals surface area contributed by atoms with Crippen LogP contribution in [0.25, 0.3) is 0 Å². The van der Waals surface area contributed by atoms with Gasteiger partial charge in [0, 0.05) is 0 Å². The predicted molar refractivity (Wildman–Crippen MR) is 55.4 cm³/mol. The van der Waals surface area contributed by atoms with Crippen LogP contribution in [0.2, 0.25) is 0 Å². The summed E-state index contributed by atoms with van der Waals surface area (Å²) in [4.78, 5) is 0. The van der Waals surface area contributed by atoms with Gasteiger partial charge in [0.25, 0.3) is 0 Å². The van der Waals surface area contributed by atoms with Gasteiger partial charge in [-0.25, -0.2) is 0 Å². The fraction of sp³-hybridized carbons (Fsp3) is 1.00. The van der Waals surface area contributed by atoms with E-state index in [2.05, 4.69) is 25.3 Å². The van der Waals surface area contributed by atoms with E-state index in [0.29, 0.717) is 23.3 Å². The Kier molecular flexibility index (Phi) is 6.17. The number of thiol groups is 2. The zero-order valence-corrected chi connectivity index (χ0v) is 8.60. The summed E-state index contributed by atoms with van der Waals surface area (Å²) in [6.45, 7) is 0. The Morgan fingerprint density at radius 1 is 1.22 bits per heavy atom. The third-order valence-electron chi connectivity index (χ3n) is 0.835. The molecule has 0 aliphatic carbocycles. The molecule has 4 heteroatoms. The molecule has 2 atom stereocenters. The number of hydrogen-bond donors (Lipinski definition) is 2. The molecule has 0 aromatic carbocycles. The SMILES string of the molecule is C.SC1CSCC(S)[Se]1. The van der Waals surface area contributed by atoms with Crippen molar-refractivity contribution >= 4 is 52.0 Å². The molecule has 1 heterocycles. The fourth-order valence-electron chi connectivity index (χ4n) is 0.530. The molecule has 56 valence electrons. The summed E-state index contributed by atoms with van der Waals surface area (Å²) in [6.07, 6.45) is 0. The third kappa shape index (κ3) is 4.10. The minimum absolute atomic E-state index is 0. The van der Waals surface area contributed by atoms with E-state index in [1.807, 2.05) is 11.8 Å². The van der Waals surface area contributed by atoms with Crippen LogP contribution in [0.5, 0.6) is 0 Å². The van der Waals surface area contributed by atoms with Crippen molar-refractivity contribution < 1.29 is 0 Å². The van der Waals surface area contributed by atoms with Crippen molar-refractivity contribution in [2.45, 2.75) is 15.7 Å². The summed E-state index contributed by atoms with van der Waals surface area (Å²) in [5.41, 5.74) is 0. The first-order valence-corrected chi connectivity index (χ1v) is 6.55. The molecule has 0 radical (unpaired) electrons. The first-order chi connectivity index (χ1) is 3.79. The van der Waals surface area contributed by atoms with Crippen molar-refractivity contribution in [3.63, 3.8) is 0 Å². The molecule has 1 aliphatic rings. The van der Waals surface area contributed by atoms with E-state index in [1.165, 1.54) is 11.5 Å². The van der Waals surface area contributed by atoms with Gasteiger partial charge in [-0.3, -0.25) is 0 Å². The van der Waals surface area contributed by atoms with Crippen LogP contribution in [-0.2, 0) is 0 Å². The predicted octanol–water partition coefficient (Wildman–Crippen LogP) is 1.59. The van der Waals surface area contributed by atoms with Gasteiger partial charge >= 0.3 is 71.8 Å². The van der Waals surface area contributed by atoms with Gasteiger partial charge in [-0.05, 0) is 0 Å². The Hall–Kier alpha value is 1.57. The molecule has 0 N–H and O–H groups in total. The van der Waals surface area contributed by atoms with Gasteiger partial charge in [-0.15, -0.1) is 0 Å². The molecule has 0 saturated carbocycles. The van der Waals surface area contributed by atoms with E-state index in [0.717, 1.165) is 0 Å². The average Bonchev–Trinajstić information content (AvgIpc) is 1.64. The van der Waals surface area contributed by atoms with Crippen LogP contribution < -0.4 is 0 Å². The van der Waals surface area contributed by atoms with Crippen LogP contribution in [0.4, 0.5) is 0 Å². The van der Waals surface area contributed by atoms with E-state index in [1.54, 1.807) is 0 Å². The van der Waals surface area contributed by atoms with Crippen molar-refractivity contribution in [3.8, 4) is 0 Å². The molecule has 1 rings (SSSR count). The average molecular weight is 247 g/mol. The molecule has 0 aromatic rings. The van der Waals surface area contributed by atoms with Gasteiger partial charge in [-0.2, -0.15) is 0 Å². The van der Waals surface area contributed by atoms with Gasteiger partial charge < -0.3 is 0 Å². The van der Waals surface area contributed by atoms with Crippen LogP contribution >= 0.6 is 37.0 Å². The number of hydrogen-bond acceptors (Lipinski definition) is 3. The third-order valence-corrected chi connectivity index (χ3v) is 7.07. The maximum absolute atomic E-state index is 4.38. The number of rotatable bonds is 0. The molecule has 1 aliphatic heterocycles. The summed E-state index contributed by atoms with van der Waals surface area (Å²) in [5.74, 6) is 2.47. The van der Waals surface area contributed by atoms with Crippen LogP contribution in [0, 0.1) is 0 Å². The molecule has 9 heavy (non-hydrogen) atoms. The monoisotopic (exact) mass is 248 g/mol. The van der Waals surface area contributed by atoms with E-state index >= 15 is 0 Å². The van der Waals surface area contributed by atoms with Crippen LogP contribution in [0.3, 0.4) is 0 Å².